The molecule has 0 saturated carbocycles. The number of rotatable bonds is 5. The Kier molecular flexibility index (Phi) is 5.40. The first-order chi connectivity index (χ1) is 8.13. The summed E-state index contributed by atoms with van der Waals surface area (Å²) in [5.41, 5.74) is 1.45. The molecule has 17 heavy (non-hydrogen) atoms. The second-order valence-electron chi connectivity index (χ2n) is 3.85. The lowest BCUT2D eigenvalue weighted by atomic mass is 10.1. The molecule has 1 aromatic carbocycles. The molecular weight excluding hydrogens is 219 g/mol. The minimum Gasteiger partial charge on any atom is -0.461 e. The van der Waals surface area contributed by atoms with Crippen molar-refractivity contribution < 1.29 is 13.9 Å². The Hall–Kier alpha value is -1.64. The van der Waals surface area contributed by atoms with E-state index >= 15 is 0 Å². The van der Waals surface area contributed by atoms with Gasteiger partial charge in [-0.25, -0.2) is 4.39 Å². The second kappa shape index (κ2) is 6.84. The number of carbonyl (C=O) groups is 1. The molecule has 0 aromatic heterocycles. The molecule has 0 aliphatic carbocycles. The van der Waals surface area contributed by atoms with Crippen molar-refractivity contribution in [3.05, 3.63) is 41.2 Å². The molecule has 0 unspecified atom stereocenters. The van der Waals surface area contributed by atoms with E-state index in [1.165, 1.54) is 13.0 Å². The van der Waals surface area contributed by atoms with Gasteiger partial charge in [-0.05, 0) is 24.1 Å². The van der Waals surface area contributed by atoms with E-state index in [0.717, 1.165) is 18.4 Å². The van der Waals surface area contributed by atoms with Crippen molar-refractivity contribution in [2.24, 2.45) is 0 Å². The van der Waals surface area contributed by atoms with Crippen LogP contribution in [0.1, 0.15) is 32.3 Å². The Morgan fingerprint density at radius 1 is 1.41 bits per heavy atom. The highest BCUT2D eigenvalue weighted by atomic mass is 19.1. The van der Waals surface area contributed by atoms with E-state index in [9.17, 15) is 9.18 Å². The lowest BCUT2D eigenvalue weighted by molar-refractivity contribution is -0.140. The molecular formula is C14H17FO2. The maximum atomic E-state index is 13.4. The van der Waals surface area contributed by atoms with E-state index in [4.69, 9.17) is 4.74 Å². The summed E-state index contributed by atoms with van der Waals surface area (Å²) in [6.07, 6.45) is 3.48. The van der Waals surface area contributed by atoms with Gasteiger partial charge in [-0.1, -0.05) is 31.5 Å². The average molecular weight is 236 g/mol. The molecule has 1 aromatic rings. The van der Waals surface area contributed by atoms with Gasteiger partial charge in [0.15, 0.2) is 0 Å². The zero-order valence-electron chi connectivity index (χ0n) is 10.2. The lowest BCUT2D eigenvalue weighted by Crippen LogP contribution is -2.03. The Morgan fingerprint density at radius 3 is 2.71 bits per heavy atom. The van der Waals surface area contributed by atoms with Gasteiger partial charge in [0.1, 0.15) is 12.4 Å². The maximum absolute atomic E-state index is 13.4. The predicted molar refractivity (Wildman–Crippen MR) is 65.9 cm³/mol. The minimum atomic E-state index is -0.319. The molecule has 0 heterocycles. The van der Waals surface area contributed by atoms with Gasteiger partial charge in [-0.15, -0.1) is 0 Å². The van der Waals surface area contributed by atoms with Crippen LogP contribution in [0.15, 0.2) is 29.8 Å². The first kappa shape index (κ1) is 13.4. The summed E-state index contributed by atoms with van der Waals surface area (Å²) in [5, 5.41) is 0. The van der Waals surface area contributed by atoms with Gasteiger partial charge < -0.3 is 4.74 Å². The van der Waals surface area contributed by atoms with Crippen LogP contribution in [0.2, 0.25) is 0 Å². The molecule has 2 nitrogen and oxygen atoms in total. The third-order valence-corrected chi connectivity index (χ3v) is 2.30. The van der Waals surface area contributed by atoms with E-state index in [1.54, 1.807) is 24.3 Å². The number of esters is 1. The molecule has 0 fully saturated rings. The number of benzene rings is 1. The van der Waals surface area contributed by atoms with E-state index in [2.05, 4.69) is 0 Å². The fourth-order valence-electron chi connectivity index (χ4n) is 1.51. The summed E-state index contributed by atoms with van der Waals surface area (Å²) in [6.45, 7) is 3.63. The first-order valence-electron chi connectivity index (χ1n) is 5.70. The Labute approximate surface area is 101 Å². The van der Waals surface area contributed by atoms with Gasteiger partial charge in [0.05, 0.1) is 0 Å². The third-order valence-electron chi connectivity index (χ3n) is 2.30. The fourth-order valence-corrected chi connectivity index (χ4v) is 1.51. The SMILES string of the molecule is CCC/C(=C\c1ccccc1F)COC(C)=O. The van der Waals surface area contributed by atoms with Gasteiger partial charge >= 0.3 is 5.97 Å². The molecule has 92 valence electrons. The van der Waals surface area contributed by atoms with Gasteiger partial charge in [0.2, 0.25) is 0 Å². The van der Waals surface area contributed by atoms with Crippen LogP contribution in [0.5, 0.6) is 0 Å². The van der Waals surface area contributed by atoms with Crippen LogP contribution in [-0.4, -0.2) is 12.6 Å². The molecule has 0 amide bonds. The summed E-state index contributed by atoms with van der Waals surface area (Å²) < 4.78 is 18.4. The number of ether oxygens (including phenoxy) is 1. The molecule has 1 rings (SSSR count). The van der Waals surface area contributed by atoms with Crippen molar-refractivity contribution in [1.82, 2.24) is 0 Å². The van der Waals surface area contributed by atoms with Gasteiger partial charge in [-0.2, -0.15) is 0 Å². The number of hydrogen-bond acceptors (Lipinski definition) is 2. The first-order valence-corrected chi connectivity index (χ1v) is 5.70. The summed E-state index contributed by atoms with van der Waals surface area (Å²) in [6, 6.07) is 6.56. The summed E-state index contributed by atoms with van der Waals surface area (Å²) in [7, 11) is 0. The zero-order valence-corrected chi connectivity index (χ0v) is 10.2. The maximum Gasteiger partial charge on any atom is 0.302 e. The van der Waals surface area contributed by atoms with E-state index in [-0.39, 0.29) is 18.4 Å². The minimum absolute atomic E-state index is 0.234. The van der Waals surface area contributed by atoms with Gasteiger partial charge in [0, 0.05) is 12.5 Å². The molecule has 0 spiro atoms. The van der Waals surface area contributed by atoms with Crippen LogP contribution in [-0.2, 0) is 9.53 Å². The number of halogens is 1. The zero-order chi connectivity index (χ0) is 12.7. The molecule has 0 saturated heterocycles. The van der Waals surface area contributed by atoms with E-state index in [1.807, 2.05) is 6.92 Å². The topological polar surface area (TPSA) is 26.3 Å². The van der Waals surface area contributed by atoms with Crippen molar-refractivity contribution in [3.63, 3.8) is 0 Å². The highest BCUT2D eigenvalue weighted by molar-refractivity contribution is 5.66. The van der Waals surface area contributed by atoms with Crippen molar-refractivity contribution in [1.29, 1.82) is 0 Å². The smallest absolute Gasteiger partial charge is 0.302 e. The highest BCUT2D eigenvalue weighted by Crippen LogP contribution is 2.15. The molecule has 0 atom stereocenters. The Bertz CT molecular complexity index is 410. The normalized spacial score (nSPS) is 11.4. The molecule has 0 bridgehead atoms. The molecule has 0 aliphatic rings. The number of carbonyl (C=O) groups excluding carboxylic acids is 1. The monoisotopic (exact) mass is 236 g/mol. The predicted octanol–water partition coefficient (Wildman–Crippen LogP) is 3.57. The molecule has 3 heteroatoms. The van der Waals surface area contributed by atoms with Crippen molar-refractivity contribution in [2.75, 3.05) is 6.61 Å². The summed E-state index contributed by atoms with van der Waals surface area (Å²) >= 11 is 0. The van der Waals surface area contributed by atoms with Crippen molar-refractivity contribution in [3.8, 4) is 0 Å². The number of hydrogen-bond donors (Lipinski definition) is 0. The van der Waals surface area contributed by atoms with Crippen molar-refractivity contribution >= 4 is 12.0 Å². The summed E-state index contributed by atoms with van der Waals surface area (Å²) in [5.74, 6) is -0.579. The van der Waals surface area contributed by atoms with Gasteiger partial charge in [0.25, 0.3) is 0 Å². The fraction of sp³-hybridized carbons (Fsp3) is 0.357. The van der Waals surface area contributed by atoms with Crippen LogP contribution < -0.4 is 0 Å². The Morgan fingerprint density at radius 2 is 2.12 bits per heavy atom. The molecule has 0 N–H and O–H groups in total. The van der Waals surface area contributed by atoms with E-state index in [0.29, 0.717) is 5.56 Å². The lowest BCUT2D eigenvalue weighted by Gasteiger charge is -2.07. The highest BCUT2D eigenvalue weighted by Gasteiger charge is 2.03. The molecule has 0 aliphatic heterocycles. The van der Waals surface area contributed by atoms with Crippen LogP contribution in [0.3, 0.4) is 0 Å². The van der Waals surface area contributed by atoms with Crippen LogP contribution in [0.4, 0.5) is 4.39 Å². The quantitative estimate of drug-likeness (QED) is 0.730. The average Bonchev–Trinajstić information content (AvgIpc) is 2.29. The van der Waals surface area contributed by atoms with Crippen LogP contribution in [0.25, 0.3) is 6.08 Å². The Balaban J connectivity index is 2.82. The standard InChI is InChI=1S/C14H17FO2/c1-3-6-12(10-17-11(2)16)9-13-7-4-5-8-14(13)15/h4-5,7-9H,3,6,10H2,1-2H3/b12-9+. The van der Waals surface area contributed by atoms with E-state index < -0.39 is 0 Å². The molecule has 0 radical (unpaired) electrons. The second-order valence-corrected chi connectivity index (χ2v) is 3.85. The largest absolute Gasteiger partial charge is 0.461 e. The van der Waals surface area contributed by atoms with Crippen LogP contribution >= 0.6 is 0 Å². The van der Waals surface area contributed by atoms with Gasteiger partial charge in [-0.3, -0.25) is 4.79 Å². The third kappa shape index (κ3) is 4.81. The van der Waals surface area contributed by atoms with Crippen LogP contribution in [0, 0.1) is 5.82 Å². The van der Waals surface area contributed by atoms with Crippen molar-refractivity contribution in [2.45, 2.75) is 26.7 Å². The summed E-state index contributed by atoms with van der Waals surface area (Å²) in [4.78, 5) is 10.7.